The molecule has 0 spiro atoms. The van der Waals surface area contributed by atoms with Gasteiger partial charge in [-0.3, -0.25) is 9.69 Å². The van der Waals surface area contributed by atoms with Crippen molar-refractivity contribution in [3.05, 3.63) is 81.9 Å². The Bertz CT molecular complexity index is 1250. The van der Waals surface area contributed by atoms with Crippen molar-refractivity contribution in [2.45, 2.75) is 0 Å². The van der Waals surface area contributed by atoms with E-state index >= 15 is 0 Å². The fraction of sp³-hybridized carbons (Fsp3) is 0.125. The van der Waals surface area contributed by atoms with Crippen molar-refractivity contribution in [3.63, 3.8) is 0 Å². The van der Waals surface area contributed by atoms with Gasteiger partial charge < -0.3 is 14.3 Å². The highest BCUT2D eigenvalue weighted by Crippen LogP contribution is 2.35. The van der Waals surface area contributed by atoms with Gasteiger partial charge in [-0.05, 0) is 48.2 Å². The van der Waals surface area contributed by atoms with E-state index in [1.165, 1.54) is 23.9 Å². The van der Waals surface area contributed by atoms with Crippen LogP contribution in [-0.4, -0.2) is 47.3 Å². The second-order valence-electron chi connectivity index (χ2n) is 6.99. The van der Waals surface area contributed by atoms with E-state index in [1.807, 2.05) is 30.3 Å². The lowest BCUT2D eigenvalue weighted by molar-refractivity contribution is -0.122. The SMILES string of the molecule is COCCN1C(=O)C(=Cc2ccc(-c3ccc(C(=O)O)c(Cl)c3)o2)SC1=Nc1ccccc1. The van der Waals surface area contributed by atoms with Crippen molar-refractivity contribution in [2.75, 3.05) is 20.3 Å². The molecule has 9 heteroatoms. The smallest absolute Gasteiger partial charge is 0.337 e. The molecule has 7 nitrogen and oxygen atoms in total. The second kappa shape index (κ2) is 10.1. The number of amides is 1. The first kappa shape index (κ1) is 22.8. The summed E-state index contributed by atoms with van der Waals surface area (Å²) in [5.41, 5.74) is 1.40. The highest BCUT2D eigenvalue weighted by molar-refractivity contribution is 8.18. The molecule has 2 heterocycles. The van der Waals surface area contributed by atoms with Crippen LogP contribution in [0.5, 0.6) is 0 Å². The third-order valence-corrected chi connectivity index (χ3v) is 6.09. The predicted octanol–water partition coefficient (Wildman–Crippen LogP) is 5.55. The zero-order valence-corrected chi connectivity index (χ0v) is 19.1. The Balaban J connectivity index is 1.60. The van der Waals surface area contributed by atoms with Crippen molar-refractivity contribution in [1.82, 2.24) is 4.90 Å². The Morgan fingerprint density at radius 2 is 2.00 bits per heavy atom. The Morgan fingerprint density at radius 3 is 2.70 bits per heavy atom. The minimum atomic E-state index is -1.10. The molecule has 33 heavy (non-hydrogen) atoms. The summed E-state index contributed by atoms with van der Waals surface area (Å²) in [7, 11) is 1.58. The number of hydrogen-bond acceptors (Lipinski definition) is 6. The molecule has 1 N–H and O–H groups in total. The van der Waals surface area contributed by atoms with Crippen LogP contribution in [0.1, 0.15) is 16.1 Å². The van der Waals surface area contributed by atoms with Gasteiger partial charge in [0, 0.05) is 18.7 Å². The molecule has 1 aliphatic rings. The third-order valence-electron chi connectivity index (χ3n) is 4.77. The van der Waals surface area contributed by atoms with Gasteiger partial charge in [-0.25, -0.2) is 9.79 Å². The van der Waals surface area contributed by atoms with Crippen LogP contribution in [0.3, 0.4) is 0 Å². The van der Waals surface area contributed by atoms with Gasteiger partial charge in [-0.15, -0.1) is 0 Å². The summed E-state index contributed by atoms with van der Waals surface area (Å²) >= 11 is 7.33. The lowest BCUT2D eigenvalue weighted by Gasteiger charge is -2.14. The van der Waals surface area contributed by atoms with Gasteiger partial charge in [0.2, 0.25) is 0 Å². The number of rotatable bonds is 7. The molecule has 1 fully saturated rings. The summed E-state index contributed by atoms with van der Waals surface area (Å²) in [6.07, 6.45) is 1.66. The molecular weight excluding hydrogens is 464 g/mol. The van der Waals surface area contributed by atoms with Crippen molar-refractivity contribution in [1.29, 1.82) is 0 Å². The molecule has 0 unspecified atom stereocenters. The first-order valence-electron chi connectivity index (χ1n) is 9.93. The lowest BCUT2D eigenvalue weighted by atomic mass is 10.1. The van der Waals surface area contributed by atoms with Gasteiger partial charge >= 0.3 is 5.97 Å². The largest absolute Gasteiger partial charge is 0.478 e. The number of carbonyl (C=O) groups excluding carboxylic acids is 1. The molecule has 1 saturated heterocycles. The van der Waals surface area contributed by atoms with Crippen LogP contribution in [0, 0.1) is 0 Å². The van der Waals surface area contributed by atoms with Gasteiger partial charge in [-0.1, -0.05) is 35.9 Å². The predicted molar refractivity (Wildman–Crippen MR) is 129 cm³/mol. The van der Waals surface area contributed by atoms with E-state index in [1.54, 1.807) is 36.3 Å². The number of para-hydroxylation sites is 1. The number of carboxylic acids is 1. The van der Waals surface area contributed by atoms with Crippen LogP contribution < -0.4 is 0 Å². The van der Waals surface area contributed by atoms with Crippen LogP contribution >= 0.6 is 23.4 Å². The maximum absolute atomic E-state index is 13.0. The Morgan fingerprint density at radius 1 is 1.21 bits per heavy atom. The number of hydrogen-bond donors (Lipinski definition) is 1. The number of benzene rings is 2. The van der Waals surface area contributed by atoms with Crippen LogP contribution in [0.4, 0.5) is 5.69 Å². The molecule has 3 aromatic rings. The molecule has 1 aromatic heterocycles. The number of ether oxygens (including phenoxy) is 1. The number of nitrogens with zero attached hydrogens (tertiary/aromatic N) is 2. The van der Waals surface area contributed by atoms with Crippen molar-refractivity contribution in [2.24, 2.45) is 4.99 Å². The molecule has 168 valence electrons. The normalized spacial score (nSPS) is 16.2. The monoisotopic (exact) mass is 482 g/mol. The average molecular weight is 483 g/mol. The van der Waals surface area contributed by atoms with E-state index in [0.29, 0.717) is 40.3 Å². The van der Waals surface area contributed by atoms with Crippen molar-refractivity contribution < 1.29 is 23.8 Å². The van der Waals surface area contributed by atoms with Crippen molar-refractivity contribution >= 4 is 52.2 Å². The Kier molecular flexibility index (Phi) is 6.98. The first-order valence-corrected chi connectivity index (χ1v) is 11.1. The quantitative estimate of drug-likeness (QED) is 0.444. The summed E-state index contributed by atoms with van der Waals surface area (Å²) < 4.78 is 11.0. The van der Waals surface area contributed by atoms with E-state index in [4.69, 9.17) is 25.9 Å². The van der Waals surface area contributed by atoms with Crippen LogP contribution in [0.25, 0.3) is 17.4 Å². The highest BCUT2D eigenvalue weighted by Gasteiger charge is 2.33. The van der Waals surface area contributed by atoms with E-state index in [2.05, 4.69) is 4.99 Å². The number of methoxy groups -OCH3 is 1. The molecule has 0 saturated carbocycles. The molecule has 0 aliphatic carbocycles. The molecule has 1 aliphatic heterocycles. The molecular formula is C24H19ClN2O5S. The number of furan rings is 1. The standard InChI is InChI=1S/C24H19ClN2O5S/c1-31-12-11-27-22(28)21(33-24(27)26-16-5-3-2-4-6-16)14-17-8-10-20(32-17)15-7-9-18(23(29)30)19(25)13-15/h2-10,13-14H,11-12H2,1H3,(H,29,30). The maximum atomic E-state index is 13.0. The third kappa shape index (κ3) is 5.19. The van der Waals surface area contributed by atoms with Gasteiger partial charge in [0.05, 0.1) is 34.3 Å². The summed E-state index contributed by atoms with van der Waals surface area (Å²) in [5, 5.41) is 9.82. The maximum Gasteiger partial charge on any atom is 0.337 e. The van der Waals surface area contributed by atoms with E-state index in [-0.39, 0.29) is 16.5 Å². The molecule has 0 bridgehead atoms. The number of halogens is 1. The van der Waals surface area contributed by atoms with Gasteiger partial charge in [0.1, 0.15) is 11.5 Å². The number of amidine groups is 1. The van der Waals surface area contributed by atoms with E-state index in [9.17, 15) is 9.59 Å². The summed E-state index contributed by atoms with van der Waals surface area (Å²) in [5.74, 6) is -0.296. The van der Waals surface area contributed by atoms with Crippen LogP contribution in [-0.2, 0) is 9.53 Å². The number of aromatic carboxylic acids is 1. The summed E-state index contributed by atoms with van der Waals surface area (Å²) in [6.45, 7) is 0.758. The second-order valence-corrected chi connectivity index (χ2v) is 8.41. The zero-order valence-electron chi connectivity index (χ0n) is 17.5. The molecule has 0 atom stereocenters. The minimum Gasteiger partial charge on any atom is -0.478 e. The summed E-state index contributed by atoms with van der Waals surface area (Å²) in [6, 6.07) is 17.5. The Hall–Kier alpha value is -3.33. The highest BCUT2D eigenvalue weighted by atomic mass is 35.5. The van der Waals surface area contributed by atoms with E-state index in [0.717, 1.165) is 5.69 Å². The molecule has 1 amide bonds. The van der Waals surface area contributed by atoms with Crippen molar-refractivity contribution in [3.8, 4) is 11.3 Å². The lowest BCUT2D eigenvalue weighted by Crippen LogP contribution is -2.32. The number of carboxylic acid groups (broad SMARTS) is 1. The molecule has 4 rings (SSSR count). The van der Waals surface area contributed by atoms with Crippen LogP contribution in [0.15, 0.2) is 75.0 Å². The zero-order chi connectivity index (χ0) is 23.4. The molecule has 0 radical (unpaired) electrons. The van der Waals surface area contributed by atoms with Gasteiger partial charge in [0.15, 0.2) is 5.17 Å². The number of thioether (sulfide) groups is 1. The first-order chi connectivity index (χ1) is 16.0. The average Bonchev–Trinajstić information content (AvgIpc) is 3.38. The number of carbonyl (C=O) groups is 2. The van der Waals surface area contributed by atoms with Gasteiger partial charge in [0.25, 0.3) is 5.91 Å². The minimum absolute atomic E-state index is 0.0173. The fourth-order valence-electron chi connectivity index (χ4n) is 3.14. The molecule has 2 aromatic carbocycles. The fourth-order valence-corrected chi connectivity index (χ4v) is 4.41. The van der Waals surface area contributed by atoms with E-state index < -0.39 is 5.97 Å². The Labute approximate surface area is 199 Å². The topological polar surface area (TPSA) is 92.3 Å². The number of aliphatic imine (C=N–C) groups is 1. The summed E-state index contributed by atoms with van der Waals surface area (Å²) in [4.78, 5) is 30.9. The van der Waals surface area contributed by atoms with Gasteiger partial charge in [-0.2, -0.15) is 0 Å². The van der Waals surface area contributed by atoms with Crippen LogP contribution in [0.2, 0.25) is 5.02 Å².